The van der Waals surface area contributed by atoms with Crippen molar-refractivity contribution < 1.29 is 9.59 Å². The first-order valence-electron chi connectivity index (χ1n) is 9.39. The Kier molecular flexibility index (Phi) is 6.35. The first kappa shape index (κ1) is 19.5. The summed E-state index contributed by atoms with van der Waals surface area (Å²) in [6.45, 7) is 2.61. The highest BCUT2D eigenvalue weighted by Gasteiger charge is 2.38. The Morgan fingerprint density at radius 2 is 1.21 bits per heavy atom. The van der Waals surface area contributed by atoms with Crippen LogP contribution in [-0.4, -0.2) is 23.3 Å². The van der Waals surface area contributed by atoms with Crippen LogP contribution in [0.5, 0.6) is 0 Å². The Morgan fingerprint density at radius 3 is 1.71 bits per heavy atom. The van der Waals surface area contributed by atoms with Crippen molar-refractivity contribution in [3.8, 4) is 0 Å². The Morgan fingerprint density at radius 1 is 0.750 bits per heavy atom. The molecule has 0 saturated heterocycles. The number of benzene rings is 3. The Balaban J connectivity index is 0.000000211. The van der Waals surface area contributed by atoms with Crippen molar-refractivity contribution in [3.05, 3.63) is 107 Å². The molecule has 0 fully saturated rings. The summed E-state index contributed by atoms with van der Waals surface area (Å²) in [5.74, 6) is -0.422. The van der Waals surface area contributed by atoms with Crippen molar-refractivity contribution in [2.75, 3.05) is 6.54 Å². The number of fused-ring (bicyclic) bond motifs is 1. The van der Waals surface area contributed by atoms with E-state index >= 15 is 0 Å². The molecule has 1 aliphatic rings. The lowest BCUT2D eigenvalue weighted by molar-refractivity contribution is 0.0595. The SMILES string of the molecule is CC(c1ccccc1)N1C(=O)c2ccccc2C1=O.NCCc1ccccc1. The van der Waals surface area contributed by atoms with Crippen LogP contribution < -0.4 is 5.73 Å². The van der Waals surface area contributed by atoms with Crippen LogP contribution in [0.15, 0.2) is 84.9 Å². The normalized spacial score (nSPS) is 13.6. The summed E-state index contributed by atoms with van der Waals surface area (Å²) in [6.07, 6.45) is 0.987. The van der Waals surface area contributed by atoms with Gasteiger partial charge in [0.1, 0.15) is 0 Å². The van der Waals surface area contributed by atoms with Crippen LogP contribution in [0.1, 0.15) is 44.8 Å². The molecular weight excluding hydrogens is 348 g/mol. The maximum Gasteiger partial charge on any atom is 0.262 e. The lowest BCUT2D eigenvalue weighted by atomic mass is 10.1. The first-order valence-corrected chi connectivity index (χ1v) is 9.39. The molecule has 0 bridgehead atoms. The van der Waals surface area contributed by atoms with Gasteiger partial charge in [-0.1, -0.05) is 72.8 Å². The number of amides is 2. The summed E-state index contributed by atoms with van der Waals surface area (Å²) in [4.78, 5) is 26.0. The van der Waals surface area contributed by atoms with Crippen LogP contribution in [0, 0.1) is 0 Å². The van der Waals surface area contributed by atoms with E-state index < -0.39 is 0 Å². The molecule has 3 aromatic carbocycles. The van der Waals surface area contributed by atoms with E-state index in [1.807, 2.05) is 55.5 Å². The molecule has 4 nitrogen and oxygen atoms in total. The molecule has 0 aromatic heterocycles. The second kappa shape index (κ2) is 9.11. The number of hydrogen-bond donors (Lipinski definition) is 1. The summed E-state index contributed by atoms with van der Waals surface area (Å²) in [5, 5.41) is 0. The number of carbonyl (C=O) groups is 2. The van der Waals surface area contributed by atoms with Gasteiger partial charge in [0, 0.05) is 0 Å². The zero-order valence-electron chi connectivity index (χ0n) is 15.9. The van der Waals surface area contributed by atoms with E-state index in [-0.39, 0.29) is 17.9 Å². The van der Waals surface area contributed by atoms with Crippen LogP contribution >= 0.6 is 0 Å². The van der Waals surface area contributed by atoms with Gasteiger partial charge >= 0.3 is 0 Å². The molecule has 1 atom stereocenters. The van der Waals surface area contributed by atoms with Crippen molar-refractivity contribution >= 4 is 11.8 Å². The lowest BCUT2D eigenvalue weighted by Crippen LogP contribution is -2.32. The number of hydrogen-bond acceptors (Lipinski definition) is 3. The van der Waals surface area contributed by atoms with Crippen molar-refractivity contribution in [3.63, 3.8) is 0 Å². The fourth-order valence-corrected chi connectivity index (χ4v) is 3.25. The van der Waals surface area contributed by atoms with Gasteiger partial charge in [0.05, 0.1) is 17.2 Å². The summed E-state index contributed by atoms with van der Waals surface area (Å²) in [5.41, 5.74) is 8.63. The van der Waals surface area contributed by atoms with Crippen LogP contribution in [0.2, 0.25) is 0 Å². The van der Waals surface area contributed by atoms with Gasteiger partial charge in [-0.2, -0.15) is 0 Å². The highest BCUT2D eigenvalue weighted by atomic mass is 16.2. The molecule has 4 rings (SSSR count). The average Bonchev–Trinajstić information content (AvgIpc) is 3.00. The molecule has 0 spiro atoms. The van der Waals surface area contributed by atoms with Gasteiger partial charge in [-0.25, -0.2) is 0 Å². The van der Waals surface area contributed by atoms with Gasteiger partial charge in [-0.15, -0.1) is 0 Å². The maximum atomic E-state index is 12.3. The molecular formula is C24H24N2O2. The summed E-state index contributed by atoms with van der Waals surface area (Å²) < 4.78 is 0. The monoisotopic (exact) mass is 372 g/mol. The smallest absolute Gasteiger partial charge is 0.262 e. The van der Waals surface area contributed by atoms with Crippen molar-refractivity contribution in [2.24, 2.45) is 5.73 Å². The minimum Gasteiger partial charge on any atom is -0.330 e. The zero-order chi connectivity index (χ0) is 19.9. The fourth-order valence-electron chi connectivity index (χ4n) is 3.25. The maximum absolute atomic E-state index is 12.3. The van der Waals surface area contributed by atoms with Gasteiger partial charge in [0.25, 0.3) is 11.8 Å². The van der Waals surface area contributed by atoms with Crippen molar-refractivity contribution in [2.45, 2.75) is 19.4 Å². The zero-order valence-corrected chi connectivity index (χ0v) is 15.9. The van der Waals surface area contributed by atoms with Crippen LogP contribution in [0.4, 0.5) is 0 Å². The Hall–Kier alpha value is -3.24. The van der Waals surface area contributed by atoms with Crippen molar-refractivity contribution in [1.82, 2.24) is 4.90 Å². The van der Waals surface area contributed by atoms with E-state index in [1.54, 1.807) is 24.3 Å². The molecule has 142 valence electrons. The number of rotatable bonds is 4. The van der Waals surface area contributed by atoms with Crippen LogP contribution in [0.25, 0.3) is 0 Å². The molecule has 3 aromatic rings. The molecule has 2 amide bonds. The molecule has 1 unspecified atom stereocenters. The third kappa shape index (κ3) is 4.18. The highest BCUT2D eigenvalue weighted by molar-refractivity contribution is 6.21. The van der Waals surface area contributed by atoms with E-state index in [0.717, 1.165) is 18.5 Å². The molecule has 2 N–H and O–H groups in total. The van der Waals surface area contributed by atoms with Gasteiger partial charge in [0.15, 0.2) is 0 Å². The number of nitrogens with zero attached hydrogens (tertiary/aromatic N) is 1. The first-order chi connectivity index (χ1) is 13.6. The van der Waals surface area contributed by atoms with Crippen molar-refractivity contribution in [1.29, 1.82) is 0 Å². The molecule has 0 radical (unpaired) electrons. The van der Waals surface area contributed by atoms with Gasteiger partial charge in [-0.3, -0.25) is 14.5 Å². The van der Waals surface area contributed by atoms with Gasteiger partial charge < -0.3 is 5.73 Å². The largest absolute Gasteiger partial charge is 0.330 e. The third-order valence-corrected chi connectivity index (χ3v) is 4.77. The van der Waals surface area contributed by atoms with Crippen LogP contribution in [0.3, 0.4) is 0 Å². The molecule has 1 heterocycles. The minimum atomic E-state index is -0.256. The highest BCUT2D eigenvalue weighted by Crippen LogP contribution is 2.30. The Labute approximate surface area is 165 Å². The molecule has 0 aliphatic carbocycles. The summed E-state index contributed by atoms with van der Waals surface area (Å²) in [7, 11) is 0. The predicted molar refractivity (Wildman–Crippen MR) is 111 cm³/mol. The van der Waals surface area contributed by atoms with Gasteiger partial charge in [0.2, 0.25) is 0 Å². The molecule has 1 aliphatic heterocycles. The molecule has 4 heteroatoms. The topological polar surface area (TPSA) is 63.4 Å². The third-order valence-electron chi connectivity index (χ3n) is 4.77. The second-order valence-electron chi connectivity index (χ2n) is 6.64. The van der Waals surface area contributed by atoms with Gasteiger partial charge in [-0.05, 0) is 43.1 Å². The fraction of sp³-hybridized carbons (Fsp3) is 0.167. The number of carbonyl (C=O) groups excluding carboxylic acids is 2. The lowest BCUT2D eigenvalue weighted by Gasteiger charge is -2.22. The standard InChI is InChI=1S/C16H13NO2.C8H11N/c1-11(12-7-3-2-4-8-12)17-15(18)13-9-5-6-10-14(13)16(17)19;9-7-6-8-4-2-1-3-5-8/h2-11H,1H3;1-5H,6-7,9H2. The van der Waals surface area contributed by atoms with E-state index in [0.29, 0.717) is 11.1 Å². The average molecular weight is 372 g/mol. The second-order valence-corrected chi connectivity index (χ2v) is 6.64. The Bertz CT molecular complexity index is 904. The van der Waals surface area contributed by atoms with E-state index in [1.165, 1.54) is 10.5 Å². The molecule has 28 heavy (non-hydrogen) atoms. The number of nitrogens with two attached hydrogens (primary N) is 1. The quantitative estimate of drug-likeness (QED) is 0.697. The predicted octanol–water partition coefficient (Wildman–Crippen LogP) is 4.23. The minimum absolute atomic E-state index is 0.211. The molecule has 0 saturated carbocycles. The number of imide groups is 1. The summed E-state index contributed by atoms with van der Waals surface area (Å²) in [6, 6.07) is 26.5. The van der Waals surface area contributed by atoms with Crippen LogP contribution in [-0.2, 0) is 6.42 Å². The van der Waals surface area contributed by atoms with E-state index in [4.69, 9.17) is 5.73 Å². The van der Waals surface area contributed by atoms with E-state index in [9.17, 15) is 9.59 Å². The van der Waals surface area contributed by atoms with E-state index in [2.05, 4.69) is 12.1 Å². The summed E-state index contributed by atoms with van der Waals surface area (Å²) >= 11 is 0.